The van der Waals surface area contributed by atoms with Gasteiger partial charge in [0, 0.05) is 6.42 Å². The number of aromatic hydroxyl groups is 1. The molecule has 0 aromatic heterocycles. The number of carbonyl (C=O) groups excluding carboxylic acids is 1. The zero-order chi connectivity index (χ0) is 18.8. The molecule has 6 atom stereocenters. The molecule has 3 fully saturated rings. The summed E-state index contributed by atoms with van der Waals surface area (Å²) in [6.45, 7) is 4.97. The number of hydrogen-bond donors (Lipinski definition) is 1. The van der Waals surface area contributed by atoms with Crippen molar-refractivity contribution in [1.29, 1.82) is 0 Å². The summed E-state index contributed by atoms with van der Waals surface area (Å²) < 4.78 is 0. The minimum atomic E-state index is 0.255. The van der Waals surface area contributed by atoms with E-state index in [4.69, 9.17) is 0 Å². The largest absolute Gasteiger partial charge is 0.508 e. The fourth-order valence-electron chi connectivity index (χ4n) is 7.85. The van der Waals surface area contributed by atoms with Gasteiger partial charge in [-0.15, -0.1) is 0 Å². The number of hydrogen-bond acceptors (Lipinski definition) is 2. The van der Waals surface area contributed by atoms with Crippen molar-refractivity contribution in [3.8, 4) is 5.75 Å². The van der Waals surface area contributed by atoms with Crippen LogP contribution in [-0.4, -0.2) is 10.9 Å². The second-order valence-electron chi connectivity index (χ2n) is 10.2. The van der Waals surface area contributed by atoms with Gasteiger partial charge < -0.3 is 5.11 Å². The average molecular weight is 365 g/mol. The smallest absolute Gasteiger partial charge is 0.155 e. The molecule has 3 saturated carbocycles. The number of fused-ring (bicyclic) bond motifs is 5. The van der Waals surface area contributed by atoms with Crippen molar-refractivity contribution in [2.45, 2.75) is 71.1 Å². The predicted molar refractivity (Wildman–Crippen MR) is 108 cm³/mol. The van der Waals surface area contributed by atoms with Crippen LogP contribution >= 0.6 is 0 Å². The Balaban J connectivity index is 1.48. The van der Waals surface area contributed by atoms with Gasteiger partial charge in [0.1, 0.15) is 5.75 Å². The number of carbonyl (C=O) groups is 1. The molecule has 144 valence electrons. The van der Waals surface area contributed by atoms with Gasteiger partial charge in [-0.3, -0.25) is 4.79 Å². The van der Waals surface area contributed by atoms with Gasteiger partial charge in [0.15, 0.2) is 5.78 Å². The zero-order valence-corrected chi connectivity index (χ0v) is 16.7. The molecule has 0 heterocycles. The van der Waals surface area contributed by atoms with Gasteiger partial charge in [0.25, 0.3) is 0 Å². The second-order valence-corrected chi connectivity index (χ2v) is 10.2. The third-order valence-corrected chi connectivity index (χ3v) is 9.27. The van der Waals surface area contributed by atoms with Crippen molar-refractivity contribution in [3.63, 3.8) is 0 Å². The highest BCUT2D eigenvalue weighted by Crippen LogP contribution is 2.68. The van der Waals surface area contributed by atoms with Crippen molar-refractivity contribution in [2.24, 2.45) is 28.6 Å². The van der Waals surface area contributed by atoms with Crippen LogP contribution in [0.1, 0.15) is 76.7 Å². The summed E-state index contributed by atoms with van der Waals surface area (Å²) in [5.74, 6) is 3.61. The Morgan fingerprint density at radius 1 is 0.963 bits per heavy atom. The predicted octanol–water partition coefficient (Wildman–Crippen LogP) is 6.01. The van der Waals surface area contributed by atoms with E-state index in [1.54, 1.807) is 0 Å². The molecule has 4 aliphatic carbocycles. The fourth-order valence-corrected chi connectivity index (χ4v) is 7.85. The van der Waals surface area contributed by atoms with Crippen molar-refractivity contribution in [2.75, 3.05) is 0 Å². The Bertz CT molecular complexity index is 808. The molecule has 0 aliphatic heterocycles. The number of para-hydroxylation sites is 1. The first-order valence-electron chi connectivity index (χ1n) is 11.0. The molecule has 4 aliphatic rings. The van der Waals surface area contributed by atoms with Crippen LogP contribution in [0.2, 0.25) is 0 Å². The molecule has 0 amide bonds. The molecule has 0 saturated heterocycles. The summed E-state index contributed by atoms with van der Waals surface area (Å²) in [6.07, 6.45) is 11.2. The maximum absolute atomic E-state index is 12.0. The van der Waals surface area contributed by atoms with E-state index >= 15 is 0 Å². The number of allylic oxidation sites excluding steroid dienone is 1. The Morgan fingerprint density at radius 3 is 2.59 bits per heavy atom. The molecule has 1 N–H and O–H groups in total. The van der Waals surface area contributed by atoms with Gasteiger partial charge in [-0.1, -0.05) is 37.6 Å². The van der Waals surface area contributed by atoms with Gasteiger partial charge in [-0.05, 0) is 97.2 Å². The van der Waals surface area contributed by atoms with Crippen LogP contribution in [0.25, 0.3) is 0 Å². The molecule has 0 radical (unpaired) electrons. The summed E-state index contributed by atoms with van der Waals surface area (Å²) in [4.78, 5) is 12.0. The van der Waals surface area contributed by atoms with Gasteiger partial charge in [0.05, 0.1) is 0 Å². The lowest BCUT2D eigenvalue weighted by atomic mass is 9.46. The Kier molecular flexibility index (Phi) is 3.87. The van der Waals surface area contributed by atoms with Gasteiger partial charge in [-0.25, -0.2) is 0 Å². The minimum absolute atomic E-state index is 0.255. The fraction of sp³-hybridized carbons (Fsp3) is 0.640. The standard InChI is InChI=1S/C25H32O2/c1-24-13-11-17(26)15-16(24)7-8-18-20-9-10-21(19-5-3-4-6-23(19)27)25(20,2)14-12-22(18)24/h3-6,15,18,20-22,27H,7-14H2,1-2H3/t18-,20-,21-,22-,24-,25-/m0/s1. The molecular weight excluding hydrogens is 332 g/mol. The van der Waals surface area contributed by atoms with Crippen molar-refractivity contribution < 1.29 is 9.90 Å². The lowest BCUT2D eigenvalue weighted by Gasteiger charge is -2.58. The first-order chi connectivity index (χ1) is 12.9. The summed E-state index contributed by atoms with van der Waals surface area (Å²) in [5, 5.41) is 10.5. The number of ketones is 1. The maximum Gasteiger partial charge on any atom is 0.155 e. The second kappa shape index (κ2) is 5.96. The van der Waals surface area contributed by atoms with E-state index in [0.717, 1.165) is 37.0 Å². The first-order valence-corrected chi connectivity index (χ1v) is 11.0. The van der Waals surface area contributed by atoms with Crippen molar-refractivity contribution >= 4 is 5.78 Å². The van der Waals surface area contributed by atoms with Crippen LogP contribution in [0, 0.1) is 28.6 Å². The monoisotopic (exact) mass is 364 g/mol. The zero-order valence-electron chi connectivity index (χ0n) is 16.7. The molecule has 0 unspecified atom stereocenters. The number of phenolic OH excluding ortho intramolecular Hbond substituents is 1. The lowest BCUT2D eigenvalue weighted by molar-refractivity contribution is -0.117. The summed E-state index contributed by atoms with van der Waals surface area (Å²) >= 11 is 0. The summed E-state index contributed by atoms with van der Waals surface area (Å²) in [6, 6.07) is 8.02. The van der Waals surface area contributed by atoms with Crippen LogP contribution in [0.5, 0.6) is 5.75 Å². The van der Waals surface area contributed by atoms with Crippen LogP contribution < -0.4 is 0 Å². The van der Waals surface area contributed by atoms with Crippen LogP contribution in [0.3, 0.4) is 0 Å². The molecule has 2 nitrogen and oxygen atoms in total. The molecule has 0 spiro atoms. The molecule has 5 rings (SSSR count). The first kappa shape index (κ1) is 17.5. The van der Waals surface area contributed by atoms with E-state index in [-0.39, 0.29) is 5.41 Å². The van der Waals surface area contributed by atoms with Crippen LogP contribution in [-0.2, 0) is 4.79 Å². The molecular formula is C25H32O2. The van der Waals surface area contributed by atoms with Gasteiger partial charge >= 0.3 is 0 Å². The third-order valence-electron chi connectivity index (χ3n) is 9.27. The Hall–Kier alpha value is -1.57. The average Bonchev–Trinajstić information content (AvgIpc) is 3.00. The number of benzene rings is 1. The van der Waals surface area contributed by atoms with Gasteiger partial charge in [0.2, 0.25) is 0 Å². The Labute approximate surface area is 163 Å². The molecule has 27 heavy (non-hydrogen) atoms. The summed E-state index contributed by atoms with van der Waals surface area (Å²) in [7, 11) is 0. The summed E-state index contributed by atoms with van der Waals surface area (Å²) in [5.41, 5.74) is 3.19. The van der Waals surface area contributed by atoms with E-state index in [1.165, 1.54) is 43.2 Å². The molecule has 0 bridgehead atoms. The van der Waals surface area contributed by atoms with E-state index in [2.05, 4.69) is 26.0 Å². The third kappa shape index (κ3) is 2.41. The Morgan fingerprint density at radius 2 is 1.78 bits per heavy atom. The van der Waals surface area contributed by atoms with E-state index < -0.39 is 0 Å². The van der Waals surface area contributed by atoms with E-state index in [9.17, 15) is 9.90 Å². The van der Waals surface area contributed by atoms with Crippen LogP contribution in [0.4, 0.5) is 0 Å². The SMILES string of the molecule is C[C@]12CC[C@H]3[C@@H](CCC4=CC(=O)CC[C@@]43C)[C@@H]1CC[C@H]2c1ccccc1O. The van der Waals surface area contributed by atoms with Crippen LogP contribution in [0.15, 0.2) is 35.9 Å². The minimum Gasteiger partial charge on any atom is -0.508 e. The maximum atomic E-state index is 12.0. The molecule has 1 aromatic carbocycles. The topological polar surface area (TPSA) is 37.3 Å². The van der Waals surface area contributed by atoms with Gasteiger partial charge in [-0.2, -0.15) is 0 Å². The van der Waals surface area contributed by atoms with Crippen molar-refractivity contribution in [3.05, 3.63) is 41.5 Å². The quantitative estimate of drug-likeness (QED) is 0.663. The normalized spacial score (nSPS) is 43.5. The van der Waals surface area contributed by atoms with E-state index in [1.807, 2.05) is 18.2 Å². The van der Waals surface area contributed by atoms with E-state index in [0.29, 0.717) is 22.9 Å². The highest BCUT2D eigenvalue weighted by atomic mass is 16.3. The highest BCUT2D eigenvalue weighted by molar-refractivity contribution is 5.91. The lowest BCUT2D eigenvalue weighted by Crippen LogP contribution is -2.50. The molecule has 1 aromatic rings. The number of phenols is 1. The highest BCUT2D eigenvalue weighted by Gasteiger charge is 2.59. The molecule has 2 heteroatoms. The van der Waals surface area contributed by atoms with Crippen molar-refractivity contribution in [1.82, 2.24) is 0 Å². The number of rotatable bonds is 1.